The molecule has 0 aliphatic rings. The van der Waals surface area contributed by atoms with Gasteiger partial charge in [0.1, 0.15) is 52.0 Å². The van der Waals surface area contributed by atoms with Crippen LogP contribution in [0.25, 0.3) is 0 Å². The number of aldehydes is 1. The van der Waals surface area contributed by atoms with Gasteiger partial charge in [0.25, 0.3) is 0 Å². The SMILES string of the molecule is Brc1ccc(Br)nc1.COc1ccc(Cn2nc(Nc3cc(Br)ncc3C(=O)c3ccccc3Cl)c([N+](=O)[O-])c2C)cc1.COc1ccc(Cn2nc(Nc3cc(S(C)(=O)=O)ncc3C(=O)c3ccccc3Cl)c([N+](=O)[O-])c2C)cc1.C[CH-]C.O=C(c1ccc(Br)nc1)c1ccccc1Cl.O=C(c1ccccc1Cl)c1cnc(Br)cc1I.O=Cc1ccccc1Cl.OC(c1ccc(Br)nc1)c1ccccc1Cl.[Cl-].[Mg+2]. The summed E-state index contributed by atoms with van der Waals surface area (Å²) in [6.45, 7) is 7.70. The zero-order valence-electron chi connectivity index (χ0n) is 76.3. The summed E-state index contributed by atoms with van der Waals surface area (Å²) < 4.78 is 43.0. The van der Waals surface area contributed by atoms with Gasteiger partial charge in [-0.25, -0.2) is 38.3 Å². The van der Waals surface area contributed by atoms with Crippen LogP contribution in [0.15, 0.2) is 318 Å². The van der Waals surface area contributed by atoms with Crippen LogP contribution in [0.3, 0.4) is 0 Å². The number of aliphatic hydroxyl groups excluding tert-OH is 1. The predicted molar refractivity (Wildman–Crippen MR) is 589 cm³/mol. The number of sulfone groups is 1. The van der Waals surface area contributed by atoms with Gasteiger partial charge in [-0.2, -0.15) is 13.8 Å². The number of ketones is 4. The van der Waals surface area contributed by atoms with Gasteiger partial charge in [-0.1, -0.05) is 185 Å². The molecule has 8 aromatic heterocycles. The first-order chi connectivity index (χ1) is 67.8. The van der Waals surface area contributed by atoms with Gasteiger partial charge in [-0.3, -0.25) is 53.6 Å². The van der Waals surface area contributed by atoms with Gasteiger partial charge >= 0.3 is 34.4 Å². The van der Waals surface area contributed by atoms with Crippen molar-refractivity contribution >= 4 is 284 Å². The van der Waals surface area contributed by atoms with Crippen LogP contribution < -0.4 is 32.5 Å². The van der Waals surface area contributed by atoms with Crippen molar-refractivity contribution in [3.05, 3.63) is 457 Å². The molecule has 144 heavy (non-hydrogen) atoms. The molecule has 0 aliphatic heterocycles. The van der Waals surface area contributed by atoms with Crippen LogP contribution in [0.5, 0.6) is 11.5 Å². The second kappa shape index (κ2) is 59.5. The van der Waals surface area contributed by atoms with Crippen LogP contribution in [0, 0.1) is 44.1 Å². The van der Waals surface area contributed by atoms with Crippen molar-refractivity contribution in [2.75, 3.05) is 31.1 Å². The number of anilines is 4. The van der Waals surface area contributed by atoms with Gasteiger partial charge in [-0.15, -0.1) is 10.2 Å². The van der Waals surface area contributed by atoms with E-state index in [1.165, 1.54) is 33.9 Å². The second-order valence-corrected chi connectivity index (χ2v) is 39.7. The number of nitrogens with zero attached hydrogens (tertiary/aromatic N) is 12. The van der Waals surface area contributed by atoms with Crippen molar-refractivity contribution in [3.8, 4) is 11.5 Å². The Bertz CT molecular complexity index is 7280. The van der Waals surface area contributed by atoms with Crippen molar-refractivity contribution in [1.29, 1.82) is 0 Å². The van der Waals surface area contributed by atoms with E-state index in [2.05, 4.69) is 169 Å². The van der Waals surface area contributed by atoms with Crippen molar-refractivity contribution in [2.45, 2.75) is 51.9 Å². The maximum Gasteiger partial charge on any atom is 2.00 e. The number of methoxy groups -OCH3 is 2. The minimum Gasteiger partial charge on any atom is -1.00 e. The van der Waals surface area contributed by atoms with Crippen molar-refractivity contribution in [3.63, 3.8) is 0 Å². The number of ether oxygens (including phenoxy) is 2. The van der Waals surface area contributed by atoms with Gasteiger partial charge in [0.2, 0.25) is 11.6 Å². The third kappa shape index (κ3) is 35.3. The number of benzene rings is 8. The molecule has 44 heteroatoms. The summed E-state index contributed by atoms with van der Waals surface area (Å²) >= 11 is 57.6. The topological polar surface area (TPSA) is 381 Å². The molecule has 0 aliphatic carbocycles. The number of carbonyl (C=O) groups is 5. The van der Waals surface area contributed by atoms with E-state index in [1.807, 2.05) is 74.9 Å². The quantitative estimate of drug-likeness (QED) is 0.00739. The standard InChI is InChI=1S/C25H22ClN5O6S.C24H19BrClN5O4.C12H6BrClINO.C12H9BrClNO.C12H7BrClNO.C7H5ClO.C5H3Br2N.C3H7.ClH.Mg/c1-15-23(31(33)34)25(29-30(15)14-16-8-10-17(37-2)11-9-16)28-21-12-22(38(3,35)36)27-13-19(21)24(32)18-6-4-5-7-20(18)26;1-14-22(31(33)34)24(29-30(14)13-15-7-9-16(35-2)10-8-15)28-20-11-21(25)27-12-18(20)23(32)17-5-3-4-6-19(17)26;13-11-5-10(15)8(6-16-11)12(17)7-3-1-2-4-9(7)14;2*13-11-6-5-8(7-15-11)12(16)9-3-1-2-4-10(9)14;8-7-4-2-1-3-6(7)5-9;6-4-1-2-5(7)8-3-4;1-3-2;;/h4-13H,14H2,1-3H3,(H,27,28,29);3-12H,13H2,1-2H3,(H,27,28,29);1-6H;1-7,12,16H;1-7H;1-5H;1-3H;3H,1-2H3;1H;/q;;;;;;;-1;;+2/p-1. The third-order valence-electron chi connectivity index (χ3n) is 19.3. The van der Waals surface area contributed by atoms with Gasteiger partial charge < -0.3 is 44.0 Å². The number of hydrogen-bond donors (Lipinski definition) is 3. The molecular weight excluding hydrogens is 2530 g/mol. The van der Waals surface area contributed by atoms with Crippen molar-refractivity contribution < 1.29 is 69.2 Å². The number of halogens is 14. The van der Waals surface area contributed by atoms with Crippen molar-refractivity contribution in [1.82, 2.24) is 49.5 Å². The van der Waals surface area contributed by atoms with E-state index >= 15 is 0 Å². The average Bonchev–Trinajstić information content (AvgIpc) is 1.07. The molecule has 16 rings (SSSR count). The van der Waals surface area contributed by atoms with Crippen molar-refractivity contribution in [2.24, 2.45) is 0 Å². The molecule has 738 valence electrons. The van der Waals surface area contributed by atoms with E-state index in [9.17, 15) is 57.7 Å². The molecule has 0 amide bonds. The number of aromatic nitrogens is 10. The zero-order valence-corrected chi connectivity index (χ0v) is 95.5. The Morgan fingerprint density at radius 3 is 1.19 bits per heavy atom. The molecule has 16 aromatic rings. The molecule has 28 nitrogen and oxygen atoms in total. The van der Waals surface area contributed by atoms with Crippen LogP contribution in [-0.2, 0) is 22.9 Å². The number of carbonyl (C=O) groups excluding carboxylic acids is 5. The van der Waals surface area contributed by atoms with Crippen LogP contribution in [0.1, 0.15) is 128 Å². The fraction of sp³-hybridized carbons (Fsp3) is 0.100. The molecule has 3 N–H and O–H groups in total. The first kappa shape index (κ1) is 121. The fourth-order valence-corrected chi connectivity index (χ4v) is 16.9. The third-order valence-corrected chi connectivity index (χ3v) is 26.0. The summed E-state index contributed by atoms with van der Waals surface area (Å²) in [5.74, 6) is 0.0447. The van der Waals surface area contributed by atoms with E-state index < -0.39 is 31.6 Å². The molecule has 8 aromatic carbocycles. The molecule has 0 radical (unpaired) electrons. The number of nitrogens with one attached hydrogen (secondary N) is 2. The van der Waals surface area contributed by atoms with Crippen LogP contribution in [-0.4, -0.2) is 146 Å². The molecule has 0 fully saturated rings. The van der Waals surface area contributed by atoms with Gasteiger partial charge in [-0.05, 0) is 277 Å². The van der Waals surface area contributed by atoms with E-state index in [-0.39, 0.29) is 131 Å². The summed E-state index contributed by atoms with van der Waals surface area (Å²) in [4.78, 5) is 108. The Morgan fingerprint density at radius 1 is 0.465 bits per heavy atom. The normalized spacial score (nSPS) is 10.5. The summed E-state index contributed by atoms with van der Waals surface area (Å²) in [7, 11) is -0.639. The average molecular weight is 2610 g/mol. The largest absolute Gasteiger partial charge is 2.00 e. The molecular formula is C100H78Br6Cl7IMgN14O14S. The van der Waals surface area contributed by atoms with Crippen LogP contribution >= 0.6 is 188 Å². The molecule has 1 unspecified atom stereocenters. The zero-order chi connectivity index (χ0) is 104. The molecule has 0 saturated heterocycles. The summed E-state index contributed by atoms with van der Waals surface area (Å²) in [6, 6.07) is 70.9. The number of pyridine rings is 6. The van der Waals surface area contributed by atoms with E-state index in [0.29, 0.717) is 96.7 Å². The Hall–Kier alpha value is -10.3. The smallest absolute Gasteiger partial charge is 1.00 e. The van der Waals surface area contributed by atoms with E-state index in [0.717, 1.165) is 58.7 Å². The number of nitro groups is 2. The van der Waals surface area contributed by atoms with E-state index in [1.54, 1.807) is 223 Å². The van der Waals surface area contributed by atoms with Gasteiger partial charge in [0, 0.05) is 101 Å². The maximum absolute atomic E-state index is 13.3. The van der Waals surface area contributed by atoms with Gasteiger partial charge in [0.15, 0.2) is 44.3 Å². The number of aliphatic hydroxyl groups is 1. The van der Waals surface area contributed by atoms with Gasteiger partial charge in [0.05, 0.1) is 90.3 Å². The molecule has 0 bridgehead atoms. The Kier molecular flexibility index (Phi) is 49.9. The Morgan fingerprint density at radius 2 is 0.826 bits per heavy atom. The second-order valence-electron chi connectivity index (χ2n) is 29.2. The van der Waals surface area contributed by atoms with Crippen LogP contribution in [0.4, 0.5) is 34.4 Å². The Labute approximate surface area is 944 Å². The minimum absolute atomic E-state index is 0. The van der Waals surface area contributed by atoms with E-state index in [4.69, 9.17) is 79.1 Å². The monoisotopic (exact) mass is 2600 g/mol. The molecule has 0 spiro atoms. The maximum atomic E-state index is 13.3. The summed E-state index contributed by atoms with van der Waals surface area (Å²) in [6.07, 6.45) is 11.9. The molecule has 8 heterocycles. The summed E-state index contributed by atoms with van der Waals surface area (Å²) in [5, 5.41) is 50.8. The number of hydrogen-bond acceptors (Lipinski definition) is 24. The molecule has 1 atom stereocenters. The minimum atomic E-state index is -3.77. The first-order valence-electron chi connectivity index (χ1n) is 41.2. The fourth-order valence-electron chi connectivity index (χ4n) is 12.3. The summed E-state index contributed by atoms with van der Waals surface area (Å²) in [5.41, 5.74) is 6.69. The molecule has 0 saturated carbocycles. The van der Waals surface area contributed by atoms with Crippen LogP contribution in [0.2, 0.25) is 30.1 Å². The first-order valence-corrected chi connectivity index (χ1v) is 51.2. The number of rotatable bonds is 24. The predicted octanol–water partition coefficient (Wildman–Crippen LogP) is 24.8. The Balaban J connectivity index is 0.000000240.